The predicted octanol–water partition coefficient (Wildman–Crippen LogP) is 2.60. The Morgan fingerprint density at radius 1 is 1.28 bits per heavy atom. The second-order valence-corrected chi connectivity index (χ2v) is 5.29. The first-order valence-electron chi connectivity index (χ1n) is 6.77. The van der Waals surface area contributed by atoms with Gasteiger partial charge in [-0.05, 0) is 30.0 Å². The van der Waals surface area contributed by atoms with Crippen molar-refractivity contribution in [2.75, 3.05) is 19.8 Å². The van der Waals surface area contributed by atoms with Crippen LogP contribution in [-0.4, -0.2) is 25.9 Å². The van der Waals surface area contributed by atoms with Gasteiger partial charge in [0, 0.05) is 6.54 Å². The topological polar surface area (TPSA) is 30.5 Å². The molecule has 0 bridgehead atoms. The van der Waals surface area contributed by atoms with Gasteiger partial charge in [0.2, 0.25) is 0 Å². The molecule has 1 aromatic carbocycles. The van der Waals surface area contributed by atoms with Crippen LogP contribution in [0.5, 0.6) is 5.75 Å². The summed E-state index contributed by atoms with van der Waals surface area (Å²) in [6, 6.07) is 8.88. The van der Waals surface area contributed by atoms with Gasteiger partial charge in [-0.25, -0.2) is 0 Å². The van der Waals surface area contributed by atoms with Gasteiger partial charge < -0.3 is 14.8 Å². The summed E-state index contributed by atoms with van der Waals surface area (Å²) in [4.78, 5) is 0. The van der Waals surface area contributed by atoms with Crippen LogP contribution in [0.25, 0.3) is 0 Å². The highest BCUT2D eigenvalue weighted by Crippen LogP contribution is 2.13. The van der Waals surface area contributed by atoms with E-state index in [1.54, 1.807) is 0 Å². The first kappa shape index (κ1) is 13.4. The molecule has 1 aromatic rings. The maximum atomic E-state index is 5.69. The monoisotopic (exact) mass is 249 g/mol. The molecule has 2 rings (SSSR count). The summed E-state index contributed by atoms with van der Waals surface area (Å²) < 4.78 is 10.8. The van der Waals surface area contributed by atoms with Gasteiger partial charge in [-0.3, -0.25) is 0 Å². The smallest absolute Gasteiger partial charge is 0.119 e. The fourth-order valence-corrected chi connectivity index (χ4v) is 1.73. The Bertz CT molecular complexity index is 344. The third-order valence-electron chi connectivity index (χ3n) is 3.12. The normalized spacial score (nSPS) is 15.7. The third-order valence-corrected chi connectivity index (χ3v) is 3.12. The molecule has 100 valence electrons. The van der Waals surface area contributed by atoms with E-state index in [1.165, 1.54) is 5.56 Å². The second kappa shape index (κ2) is 6.76. The molecular weight excluding hydrogens is 226 g/mol. The van der Waals surface area contributed by atoms with E-state index >= 15 is 0 Å². The van der Waals surface area contributed by atoms with Crippen LogP contribution in [0.4, 0.5) is 0 Å². The van der Waals surface area contributed by atoms with Crippen LogP contribution in [0.1, 0.15) is 25.8 Å². The number of benzene rings is 1. The second-order valence-electron chi connectivity index (χ2n) is 5.29. The molecule has 0 aromatic heterocycles. The molecule has 0 atom stereocenters. The summed E-state index contributed by atoms with van der Waals surface area (Å²) >= 11 is 0. The van der Waals surface area contributed by atoms with Crippen molar-refractivity contribution in [1.82, 2.24) is 5.32 Å². The summed E-state index contributed by atoms with van der Waals surface area (Å²) in [5.41, 5.74) is 1.29. The van der Waals surface area contributed by atoms with Gasteiger partial charge in [-0.1, -0.05) is 26.0 Å². The van der Waals surface area contributed by atoms with Crippen molar-refractivity contribution < 1.29 is 9.47 Å². The Morgan fingerprint density at radius 3 is 2.56 bits per heavy atom. The quantitative estimate of drug-likeness (QED) is 0.805. The molecule has 1 N–H and O–H groups in total. The molecule has 0 spiro atoms. The van der Waals surface area contributed by atoms with E-state index in [4.69, 9.17) is 9.47 Å². The van der Waals surface area contributed by atoms with E-state index in [9.17, 15) is 0 Å². The summed E-state index contributed by atoms with van der Waals surface area (Å²) in [7, 11) is 0. The zero-order valence-electron chi connectivity index (χ0n) is 11.3. The lowest BCUT2D eigenvalue weighted by Gasteiger charge is -2.27. The lowest BCUT2D eigenvalue weighted by atomic mass is 10.1. The number of ether oxygens (including phenoxy) is 2. The molecule has 1 saturated heterocycles. The Labute approximate surface area is 109 Å². The van der Waals surface area contributed by atoms with Crippen LogP contribution in [0, 0.1) is 5.92 Å². The Morgan fingerprint density at radius 2 is 2.00 bits per heavy atom. The van der Waals surface area contributed by atoms with Crippen LogP contribution >= 0.6 is 0 Å². The largest absolute Gasteiger partial charge is 0.494 e. The highest BCUT2D eigenvalue weighted by Gasteiger charge is 2.16. The van der Waals surface area contributed by atoms with Crippen molar-refractivity contribution in [3.8, 4) is 5.75 Å². The molecule has 0 saturated carbocycles. The van der Waals surface area contributed by atoms with Crippen LogP contribution in [0.2, 0.25) is 0 Å². The van der Waals surface area contributed by atoms with Gasteiger partial charge in [-0.2, -0.15) is 0 Å². The minimum Gasteiger partial charge on any atom is -0.494 e. The van der Waals surface area contributed by atoms with Crippen molar-refractivity contribution >= 4 is 0 Å². The Hall–Kier alpha value is -1.06. The van der Waals surface area contributed by atoms with E-state index in [1.807, 2.05) is 0 Å². The van der Waals surface area contributed by atoms with Crippen molar-refractivity contribution in [3.63, 3.8) is 0 Å². The van der Waals surface area contributed by atoms with Crippen molar-refractivity contribution in [1.29, 1.82) is 0 Å². The Balaban J connectivity index is 1.70. The van der Waals surface area contributed by atoms with Gasteiger partial charge in [0.1, 0.15) is 5.75 Å². The first-order valence-corrected chi connectivity index (χ1v) is 6.77. The average molecular weight is 249 g/mol. The number of nitrogens with one attached hydrogen (secondary N) is 1. The lowest BCUT2D eigenvalue weighted by molar-refractivity contribution is -0.00578. The molecule has 3 nitrogen and oxygen atoms in total. The van der Waals surface area contributed by atoms with Crippen LogP contribution in [0.3, 0.4) is 0 Å². The fourth-order valence-electron chi connectivity index (χ4n) is 1.73. The van der Waals surface area contributed by atoms with Crippen LogP contribution in [-0.2, 0) is 11.3 Å². The summed E-state index contributed by atoms with van der Waals surface area (Å²) in [6.45, 7) is 7.81. The van der Waals surface area contributed by atoms with E-state index in [0.29, 0.717) is 12.0 Å². The third kappa shape index (κ3) is 4.31. The SMILES string of the molecule is CC(C)CCOc1ccc(CNC2COC2)cc1. The zero-order valence-corrected chi connectivity index (χ0v) is 11.3. The van der Waals surface area contributed by atoms with Gasteiger partial charge >= 0.3 is 0 Å². The molecular formula is C15H23NO2. The summed E-state index contributed by atoms with van der Waals surface area (Å²) in [6.07, 6.45) is 1.10. The molecule has 3 heteroatoms. The molecule has 0 amide bonds. The first-order chi connectivity index (χ1) is 8.74. The standard InChI is InChI=1S/C15H23NO2/c1-12(2)7-8-18-15-5-3-13(4-6-15)9-16-14-10-17-11-14/h3-6,12,14,16H,7-11H2,1-2H3. The molecule has 1 aliphatic heterocycles. The predicted molar refractivity (Wildman–Crippen MR) is 72.8 cm³/mol. The number of hydrogen-bond acceptors (Lipinski definition) is 3. The van der Waals surface area contributed by atoms with Crippen molar-refractivity contribution in [2.24, 2.45) is 5.92 Å². The molecule has 1 aliphatic rings. The summed E-state index contributed by atoms with van der Waals surface area (Å²) in [5.74, 6) is 1.66. The number of hydrogen-bond donors (Lipinski definition) is 1. The fraction of sp³-hybridized carbons (Fsp3) is 0.600. The highest BCUT2D eigenvalue weighted by atomic mass is 16.5. The molecule has 0 unspecified atom stereocenters. The maximum absolute atomic E-state index is 5.69. The van der Waals surface area contributed by atoms with E-state index < -0.39 is 0 Å². The minimum atomic E-state index is 0.534. The average Bonchev–Trinajstić information content (AvgIpc) is 2.28. The molecule has 0 aliphatic carbocycles. The highest BCUT2D eigenvalue weighted by molar-refractivity contribution is 5.27. The molecule has 1 heterocycles. The van der Waals surface area contributed by atoms with Crippen molar-refractivity contribution in [2.45, 2.75) is 32.9 Å². The number of rotatable bonds is 7. The molecule has 0 radical (unpaired) electrons. The van der Waals surface area contributed by atoms with Gasteiger partial charge in [0.05, 0.1) is 25.9 Å². The van der Waals surface area contributed by atoms with E-state index in [2.05, 4.69) is 43.4 Å². The molecule has 18 heavy (non-hydrogen) atoms. The van der Waals surface area contributed by atoms with E-state index in [0.717, 1.165) is 38.5 Å². The maximum Gasteiger partial charge on any atom is 0.119 e. The summed E-state index contributed by atoms with van der Waals surface area (Å²) in [5, 5.41) is 3.45. The van der Waals surface area contributed by atoms with E-state index in [-0.39, 0.29) is 0 Å². The van der Waals surface area contributed by atoms with Crippen LogP contribution < -0.4 is 10.1 Å². The van der Waals surface area contributed by atoms with Crippen molar-refractivity contribution in [3.05, 3.63) is 29.8 Å². The van der Waals surface area contributed by atoms with Gasteiger partial charge in [0.25, 0.3) is 0 Å². The van der Waals surface area contributed by atoms with Crippen LogP contribution in [0.15, 0.2) is 24.3 Å². The minimum absolute atomic E-state index is 0.534. The lowest BCUT2D eigenvalue weighted by Crippen LogP contribution is -2.45. The van der Waals surface area contributed by atoms with Gasteiger partial charge in [-0.15, -0.1) is 0 Å². The Kier molecular flexibility index (Phi) is 5.02. The van der Waals surface area contributed by atoms with Gasteiger partial charge in [0.15, 0.2) is 0 Å². The zero-order chi connectivity index (χ0) is 12.8. The molecule has 1 fully saturated rings.